The van der Waals surface area contributed by atoms with Crippen LogP contribution in [0.15, 0.2) is 18.2 Å². The summed E-state index contributed by atoms with van der Waals surface area (Å²) in [5.41, 5.74) is 4.06. The quantitative estimate of drug-likeness (QED) is 0.746. The third kappa shape index (κ3) is 2.96. The van der Waals surface area contributed by atoms with Gasteiger partial charge in [0.15, 0.2) is 5.82 Å². The summed E-state index contributed by atoms with van der Waals surface area (Å²) < 4.78 is 51.2. The van der Waals surface area contributed by atoms with E-state index in [1.807, 2.05) is 0 Å². The summed E-state index contributed by atoms with van der Waals surface area (Å²) in [6, 6.07) is 1.73. The highest BCUT2D eigenvalue weighted by Crippen LogP contribution is 2.32. The Bertz CT molecular complexity index is 674. The molecule has 2 aromatic rings. The normalized spacial score (nSPS) is 11.5. The number of rotatable bonds is 2. The zero-order valence-corrected chi connectivity index (χ0v) is 10.7. The Balaban J connectivity index is 2.34. The van der Waals surface area contributed by atoms with E-state index in [0.717, 1.165) is 0 Å². The van der Waals surface area contributed by atoms with Gasteiger partial charge in [0.1, 0.15) is 11.4 Å². The first-order valence-corrected chi connectivity index (χ1v) is 5.68. The number of H-pyrrole nitrogens is 1. The molecule has 0 saturated carbocycles. The first kappa shape index (κ1) is 14.8. The summed E-state index contributed by atoms with van der Waals surface area (Å²) in [5.74, 6) is -1.97. The van der Waals surface area contributed by atoms with Crippen molar-refractivity contribution in [2.24, 2.45) is 0 Å². The Hall–Kier alpha value is -2.58. The van der Waals surface area contributed by atoms with E-state index in [9.17, 15) is 22.4 Å². The average Bonchev–Trinajstić information content (AvgIpc) is 2.70. The molecule has 0 spiro atoms. The lowest BCUT2D eigenvalue weighted by Crippen LogP contribution is -2.16. The standard InChI is InChI=1S/C12H10F4N4O/c1-5-9(10(17)20-19-5)11(21)18-8-4-6(12(14,15)16)2-3-7(8)13/h2-4H,1H3,(H,18,21)(H3,17,19,20). The van der Waals surface area contributed by atoms with Crippen LogP contribution < -0.4 is 11.1 Å². The number of hydrogen-bond donors (Lipinski definition) is 3. The maximum atomic E-state index is 13.5. The van der Waals surface area contributed by atoms with Gasteiger partial charge >= 0.3 is 6.18 Å². The van der Waals surface area contributed by atoms with Gasteiger partial charge < -0.3 is 11.1 Å². The highest BCUT2D eigenvalue weighted by Gasteiger charge is 2.31. The highest BCUT2D eigenvalue weighted by molar-refractivity contribution is 6.08. The van der Waals surface area contributed by atoms with Gasteiger partial charge in [-0.25, -0.2) is 4.39 Å². The number of nitrogens with two attached hydrogens (primary N) is 1. The monoisotopic (exact) mass is 302 g/mol. The van der Waals surface area contributed by atoms with E-state index in [0.29, 0.717) is 23.9 Å². The van der Waals surface area contributed by atoms with Crippen molar-refractivity contribution in [1.29, 1.82) is 0 Å². The second-order valence-corrected chi connectivity index (χ2v) is 4.26. The Kier molecular flexibility index (Phi) is 3.58. The molecule has 0 fully saturated rings. The molecule has 21 heavy (non-hydrogen) atoms. The molecule has 0 atom stereocenters. The van der Waals surface area contributed by atoms with E-state index >= 15 is 0 Å². The van der Waals surface area contributed by atoms with Crippen LogP contribution >= 0.6 is 0 Å². The third-order valence-corrected chi connectivity index (χ3v) is 2.74. The minimum absolute atomic E-state index is 0.0492. The molecule has 4 N–H and O–H groups in total. The van der Waals surface area contributed by atoms with Crippen molar-refractivity contribution < 1.29 is 22.4 Å². The van der Waals surface area contributed by atoms with Gasteiger partial charge in [-0.3, -0.25) is 9.89 Å². The number of carbonyl (C=O) groups excluding carboxylic acids is 1. The van der Waals surface area contributed by atoms with Crippen LogP contribution in [0.1, 0.15) is 21.6 Å². The Morgan fingerprint density at radius 1 is 1.38 bits per heavy atom. The molecule has 0 bridgehead atoms. The van der Waals surface area contributed by atoms with Crippen molar-refractivity contribution in [2.75, 3.05) is 11.1 Å². The van der Waals surface area contributed by atoms with E-state index < -0.39 is 29.2 Å². The number of aromatic amines is 1. The molecule has 1 amide bonds. The second kappa shape index (κ2) is 5.08. The summed E-state index contributed by atoms with van der Waals surface area (Å²) in [7, 11) is 0. The van der Waals surface area contributed by atoms with Gasteiger partial charge in [-0.15, -0.1) is 0 Å². The number of benzene rings is 1. The minimum Gasteiger partial charge on any atom is -0.382 e. The maximum absolute atomic E-state index is 13.5. The summed E-state index contributed by atoms with van der Waals surface area (Å²) in [5, 5.41) is 8.07. The van der Waals surface area contributed by atoms with Crippen molar-refractivity contribution in [2.45, 2.75) is 13.1 Å². The molecule has 1 aromatic carbocycles. The fourth-order valence-electron chi connectivity index (χ4n) is 1.72. The van der Waals surface area contributed by atoms with Crippen molar-refractivity contribution in [3.63, 3.8) is 0 Å². The molecule has 0 aliphatic heterocycles. The van der Waals surface area contributed by atoms with Crippen LogP contribution in [0.5, 0.6) is 0 Å². The van der Waals surface area contributed by atoms with Crippen LogP contribution in [-0.4, -0.2) is 16.1 Å². The Labute approximate surface area is 116 Å². The van der Waals surface area contributed by atoms with Gasteiger partial charge in [0.2, 0.25) is 0 Å². The smallest absolute Gasteiger partial charge is 0.382 e. The van der Waals surface area contributed by atoms with Crippen LogP contribution in [0.25, 0.3) is 0 Å². The molecule has 1 heterocycles. The molecule has 9 heteroatoms. The van der Waals surface area contributed by atoms with Gasteiger partial charge in [0.05, 0.1) is 11.3 Å². The number of nitrogens with zero attached hydrogens (tertiary/aromatic N) is 1. The van der Waals surface area contributed by atoms with E-state index in [1.165, 1.54) is 6.92 Å². The lowest BCUT2D eigenvalue weighted by atomic mass is 10.1. The maximum Gasteiger partial charge on any atom is 0.416 e. The predicted molar refractivity (Wildman–Crippen MR) is 67.1 cm³/mol. The fraction of sp³-hybridized carbons (Fsp3) is 0.167. The van der Waals surface area contributed by atoms with Gasteiger partial charge in [-0.1, -0.05) is 0 Å². The number of amides is 1. The van der Waals surface area contributed by atoms with Crippen LogP contribution in [0.2, 0.25) is 0 Å². The summed E-state index contributed by atoms with van der Waals surface area (Å²) >= 11 is 0. The molecule has 112 valence electrons. The number of aromatic nitrogens is 2. The molecule has 2 rings (SSSR count). The van der Waals surface area contributed by atoms with Crippen molar-refractivity contribution in [1.82, 2.24) is 10.2 Å². The zero-order valence-electron chi connectivity index (χ0n) is 10.7. The number of alkyl halides is 3. The average molecular weight is 302 g/mol. The molecular formula is C12H10F4N4O. The number of nitrogens with one attached hydrogen (secondary N) is 2. The number of hydrogen-bond acceptors (Lipinski definition) is 3. The largest absolute Gasteiger partial charge is 0.416 e. The van der Waals surface area contributed by atoms with Crippen molar-refractivity contribution in [3.05, 3.63) is 40.8 Å². The van der Waals surface area contributed by atoms with Crippen LogP contribution in [0.3, 0.4) is 0 Å². The van der Waals surface area contributed by atoms with Crippen LogP contribution in [0.4, 0.5) is 29.1 Å². The summed E-state index contributed by atoms with van der Waals surface area (Å²) in [4.78, 5) is 11.9. The third-order valence-electron chi connectivity index (χ3n) is 2.74. The molecular weight excluding hydrogens is 292 g/mol. The van der Waals surface area contributed by atoms with Gasteiger partial charge in [0, 0.05) is 5.69 Å². The van der Waals surface area contributed by atoms with E-state index in [-0.39, 0.29) is 11.4 Å². The molecule has 0 radical (unpaired) electrons. The lowest BCUT2D eigenvalue weighted by molar-refractivity contribution is -0.137. The number of halogens is 4. The van der Waals surface area contributed by atoms with Crippen molar-refractivity contribution >= 4 is 17.4 Å². The molecule has 5 nitrogen and oxygen atoms in total. The Morgan fingerprint density at radius 3 is 2.57 bits per heavy atom. The van der Waals surface area contributed by atoms with Crippen molar-refractivity contribution in [3.8, 4) is 0 Å². The zero-order chi connectivity index (χ0) is 15.8. The molecule has 0 saturated heterocycles. The Morgan fingerprint density at radius 2 is 2.05 bits per heavy atom. The van der Waals surface area contributed by atoms with E-state index in [1.54, 1.807) is 0 Å². The fourth-order valence-corrected chi connectivity index (χ4v) is 1.72. The van der Waals surface area contributed by atoms with Crippen LogP contribution in [-0.2, 0) is 6.18 Å². The first-order chi connectivity index (χ1) is 9.70. The first-order valence-electron chi connectivity index (χ1n) is 5.68. The van der Waals surface area contributed by atoms with Gasteiger partial charge in [-0.05, 0) is 25.1 Å². The van der Waals surface area contributed by atoms with Gasteiger partial charge in [0.25, 0.3) is 5.91 Å². The second-order valence-electron chi connectivity index (χ2n) is 4.26. The summed E-state index contributed by atoms with van der Waals surface area (Å²) in [6.45, 7) is 1.50. The van der Waals surface area contributed by atoms with E-state index in [2.05, 4.69) is 15.5 Å². The lowest BCUT2D eigenvalue weighted by Gasteiger charge is -2.11. The highest BCUT2D eigenvalue weighted by atomic mass is 19.4. The molecule has 0 aliphatic carbocycles. The number of carbonyl (C=O) groups is 1. The number of aryl methyl sites for hydroxylation is 1. The molecule has 1 aromatic heterocycles. The predicted octanol–water partition coefficient (Wildman–Crippen LogP) is 2.71. The summed E-state index contributed by atoms with van der Waals surface area (Å²) in [6.07, 6.45) is -4.64. The van der Waals surface area contributed by atoms with E-state index in [4.69, 9.17) is 5.73 Å². The number of nitrogen functional groups attached to an aromatic ring is 1. The van der Waals surface area contributed by atoms with Crippen LogP contribution in [0, 0.1) is 12.7 Å². The minimum atomic E-state index is -4.64. The van der Waals surface area contributed by atoms with Gasteiger partial charge in [-0.2, -0.15) is 18.3 Å². The SMILES string of the molecule is Cc1[nH]nc(N)c1C(=O)Nc1cc(C(F)(F)F)ccc1F. The molecule has 0 unspecified atom stereocenters. The topological polar surface area (TPSA) is 83.8 Å². The molecule has 0 aliphatic rings. The number of anilines is 2.